The van der Waals surface area contributed by atoms with Crippen molar-refractivity contribution < 1.29 is 9.59 Å². The molecule has 28 heavy (non-hydrogen) atoms. The quantitative estimate of drug-likeness (QED) is 0.555. The second-order valence-electron chi connectivity index (χ2n) is 5.93. The summed E-state index contributed by atoms with van der Waals surface area (Å²) in [6.45, 7) is 1.69. The number of aromatic nitrogens is 1. The summed E-state index contributed by atoms with van der Waals surface area (Å²) in [5, 5.41) is 16.5. The largest absolute Gasteiger partial charge is 0.373 e. The van der Waals surface area contributed by atoms with Crippen molar-refractivity contribution in [1.29, 1.82) is 5.26 Å². The van der Waals surface area contributed by atoms with E-state index in [1.54, 1.807) is 54.7 Å². The van der Waals surface area contributed by atoms with Gasteiger partial charge in [-0.3, -0.25) is 9.59 Å². The first-order chi connectivity index (χ1) is 13.4. The van der Waals surface area contributed by atoms with Crippen LogP contribution in [0.25, 0.3) is 11.3 Å². The molecule has 1 heterocycles. The Morgan fingerprint density at radius 2 is 2.14 bits per heavy atom. The van der Waals surface area contributed by atoms with Crippen LogP contribution in [0.1, 0.15) is 12.5 Å². The average Bonchev–Trinajstić information content (AvgIpc) is 3.15. The molecule has 2 amide bonds. The number of hydrogen-bond acceptors (Lipinski definition) is 6. The number of thiazole rings is 1. The molecule has 2 rings (SSSR count). The van der Waals surface area contributed by atoms with E-state index in [4.69, 9.17) is 5.26 Å². The molecule has 1 aromatic heterocycles. The Morgan fingerprint density at radius 1 is 1.36 bits per heavy atom. The molecule has 1 aromatic carbocycles. The molecule has 0 fully saturated rings. The number of allylic oxidation sites excluding steroid dienone is 3. The van der Waals surface area contributed by atoms with Crippen LogP contribution in [0, 0.1) is 11.3 Å². The van der Waals surface area contributed by atoms with E-state index in [1.807, 2.05) is 19.1 Å². The highest BCUT2D eigenvalue weighted by molar-refractivity contribution is 7.14. The number of nitrogens with zero attached hydrogens (tertiary/aromatic N) is 3. The van der Waals surface area contributed by atoms with Gasteiger partial charge in [-0.1, -0.05) is 24.3 Å². The maximum atomic E-state index is 12.2. The van der Waals surface area contributed by atoms with Crippen LogP contribution < -0.4 is 10.6 Å². The van der Waals surface area contributed by atoms with E-state index in [-0.39, 0.29) is 18.4 Å². The van der Waals surface area contributed by atoms with Gasteiger partial charge in [0.15, 0.2) is 5.13 Å². The number of carbonyl (C=O) groups is 2. The lowest BCUT2D eigenvalue weighted by Gasteiger charge is -2.16. The number of benzene rings is 1. The van der Waals surface area contributed by atoms with E-state index in [0.29, 0.717) is 22.1 Å². The molecular weight excluding hydrogens is 374 g/mol. The zero-order chi connectivity index (χ0) is 20.5. The second kappa shape index (κ2) is 10.0. The first-order valence-corrected chi connectivity index (χ1v) is 9.37. The van der Waals surface area contributed by atoms with Gasteiger partial charge in [0.1, 0.15) is 5.70 Å². The Bertz CT molecular complexity index is 954. The van der Waals surface area contributed by atoms with Gasteiger partial charge in [0.05, 0.1) is 23.9 Å². The lowest BCUT2D eigenvalue weighted by atomic mass is 10.1. The zero-order valence-electron chi connectivity index (χ0n) is 15.9. The van der Waals surface area contributed by atoms with Gasteiger partial charge in [-0.05, 0) is 25.1 Å². The molecule has 0 aliphatic rings. The molecule has 7 nitrogen and oxygen atoms in total. The van der Waals surface area contributed by atoms with Crippen molar-refractivity contribution in [3.63, 3.8) is 0 Å². The molecule has 0 saturated heterocycles. The van der Waals surface area contributed by atoms with Crippen LogP contribution in [0.15, 0.2) is 53.6 Å². The summed E-state index contributed by atoms with van der Waals surface area (Å²) in [7, 11) is 3.51. The van der Waals surface area contributed by atoms with Crippen LogP contribution in [0.5, 0.6) is 0 Å². The number of nitriles is 1. The summed E-state index contributed by atoms with van der Waals surface area (Å²) in [6, 6.07) is 9.17. The minimum Gasteiger partial charge on any atom is -0.373 e. The third kappa shape index (κ3) is 5.79. The van der Waals surface area contributed by atoms with Crippen molar-refractivity contribution in [2.45, 2.75) is 6.92 Å². The average molecular weight is 395 g/mol. The normalized spacial score (nSPS) is 11.1. The number of nitrogens with one attached hydrogen (secondary N) is 2. The highest BCUT2D eigenvalue weighted by atomic mass is 32.1. The number of hydrogen-bond donors (Lipinski definition) is 2. The van der Waals surface area contributed by atoms with E-state index in [2.05, 4.69) is 21.7 Å². The molecule has 0 unspecified atom stereocenters. The van der Waals surface area contributed by atoms with Crippen LogP contribution >= 0.6 is 11.3 Å². The summed E-state index contributed by atoms with van der Waals surface area (Å²) in [6.07, 6.45) is 5.25. The van der Waals surface area contributed by atoms with Crippen LogP contribution in [0.4, 0.5) is 5.13 Å². The van der Waals surface area contributed by atoms with E-state index < -0.39 is 0 Å². The summed E-state index contributed by atoms with van der Waals surface area (Å²) in [5.41, 5.74) is 2.46. The highest BCUT2D eigenvalue weighted by Gasteiger charge is 2.13. The molecule has 0 bridgehead atoms. The Hall–Kier alpha value is -3.44. The van der Waals surface area contributed by atoms with E-state index in [0.717, 1.165) is 5.56 Å². The van der Waals surface area contributed by atoms with Crippen molar-refractivity contribution in [1.82, 2.24) is 15.2 Å². The maximum Gasteiger partial charge on any atom is 0.267 e. The third-order valence-electron chi connectivity index (χ3n) is 3.61. The zero-order valence-corrected chi connectivity index (χ0v) is 16.7. The van der Waals surface area contributed by atoms with Gasteiger partial charge < -0.3 is 15.5 Å². The Kier molecular flexibility index (Phi) is 7.48. The number of anilines is 1. The predicted octanol–water partition coefficient (Wildman–Crippen LogP) is 2.76. The Labute approximate surface area is 168 Å². The fraction of sp³-hybridized carbons (Fsp3) is 0.200. The molecule has 0 aliphatic heterocycles. The van der Waals surface area contributed by atoms with Gasteiger partial charge in [0.2, 0.25) is 5.91 Å². The third-order valence-corrected chi connectivity index (χ3v) is 4.37. The SMILES string of the molecule is C/C=C\C=C(\C(=O)NCC(=O)Nc1nc(-c2cccc(C#N)c2)cs1)N(C)C. The molecule has 8 heteroatoms. The number of likely N-dealkylation sites (N-methyl/N-ethyl adjacent to an activating group) is 1. The van der Waals surface area contributed by atoms with Crippen molar-refractivity contribution in [2.24, 2.45) is 0 Å². The molecule has 0 spiro atoms. The van der Waals surface area contributed by atoms with Crippen LogP contribution in [-0.2, 0) is 9.59 Å². The number of rotatable bonds is 7. The van der Waals surface area contributed by atoms with Gasteiger partial charge in [-0.2, -0.15) is 5.26 Å². The molecule has 0 aliphatic carbocycles. The molecular formula is C20H21N5O2S. The van der Waals surface area contributed by atoms with E-state index in [1.165, 1.54) is 11.3 Å². The lowest BCUT2D eigenvalue weighted by molar-refractivity contribution is -0.122. The summed E-state index contributed by atoms with van der Waals surface area (Å²) in [4.78, 5) is 30.4. The fourth-order valence-corrected chi connectivity index (χ4v) is 2.98. The first-order valence-electron chi connectivity index (χ1n) is 8.49. The van der Waals surface area contributed by atoms with Crippen molar-refractivity contribution in [3.8, 4) is 17.3 Å². The van der Waals surface area contributed by atoms with Gasteiger partial charge in [0.25, 0.3) is 5.91 Å². The van der Waals surface area contributed by atoms with Gasteiger partial charge in [-0.25, -0.2) is 4.98 Å². The van der Waals surface area contributed by atoms with Crippen molar-refractivity contribution in [3.05, 3.63) is 59.1 Å². The molecule has 144 valence electrons. The Balaban J connectivity index is 1.96. The van der Waals surface area contributed by atoms with Gasteiger partial charge in [0, 0.05) is 25.0 Å². The van der Waals surface area contributed by atoms with Crippen LogP contribution in [0.3, 0.4) is 0 Å². The second-order valence-corrected chi connectivity index (χ2v) is 6.79. The summed E-state index contributed by atoms with van der Waals surface area (Å²) in [5.74, 6) is -0.712. The van der Waals surface area contributed by atoms with Gasteiger partial charge in [-0.15, -0.1) is 11.3 Å². The highest BCUT2D eigenvalue weighted by Crippen LogP contribution is 2.25. The molecule has 2 aromatic rings. The molecule has 0 saturated carbocycles. The molecule has 2 N–H and O–H groups in total. The van der Waals surface area contributed by atoms with E-state index in [9.17, 15) is 9.59 Å². The topological polar surface area (TPSA) is 98.1 Å². The summed E-state index contributed by atoms with van der Waals surface area (Å²) < 4.78 is 0. The van der Waals surface area contributed by atoms with Crippen LogP contribution in [0.2, 0.25) is 0 Å². The fourth-order valence-electron chi connectivity index (χ4n) is 2.24. The lowest BCUT2D eigenvalue weighted by Crippen LogP contribution is -2.36. The Morgan fingerprint density at radius 3 is 2.82 bits per heavy atom. The van der Waals surface area contributed by atoms with Crippen molar-refractivity contribution in [2.75, 3.05) is 26.0 Å². The minimum atomic E-state index is -0.371. The van der Waals surface area contributed by atoms with E-state index >= 15 is 0 Å². The molecule has 0 atom stereocenters. The smallest absolute Gasteiger partial charge is 0.267 e. The monoisotopic (exact) mass is 395 g/mol. The predicted molar refractivity (Wildman–Crippen MR) is 110 cm³/mol. The maximum absolute atomic E-state index is 12.2. The number of carbonyl (C=O) groups excluding carboxylic acids is 2. The van der Waals surface area contributed by atoms with Crippen LogP contribution in [-0.4, -0.2) is 42.3 Å². The minimum absolute atomic E-state index is 0.168. The van der Waals surface area contributed by atoms with Crippen molar-refractivity contribution >= 4 is 28.3 Å². The first kappa shape index (κ1) is 20.9. The number of amides is 2. The summed E-state index contributed by atoms with van der Waals surface area (Å²) >= 11 is 1.28. The standard InChI is InChI=1S/C20H21N5O2S/c1-4-5-9-17(25(2)3)19(27)22-12-18(26)24-20-23-16(13-28-20)15-8-6-7-14(10-15)11-21/h4-10,13H,12H2,1-3H3,(H,22,27)(H,23,24,26)/b5-4-,17-9-. The van der Waals surface area contributed by atoms with Gasteiger partial charge >= 0.3 is 0 Å². The molecule has 0 radical (unpaired) electrons.